The number of amides is 2. The maximum atomic E-state index is 14.0. The largest absolute Gasteiger partial charge is 0.455 e. The molecule has 2 N–H and O–H groups in total. The molecular weight excluding hydrogens is 465 g/mol. The molecule has 2 atom stereocenters. The van der Waals surface area contributed by atoms with Crippen molar-refractivity contribution in [3.63, 3.8) is 0 Å². The molecule has 0 radical (unpaired) electrons. The van der Waals surface area contributed by atoms with E-state index < -0.39 is 41.2 Å². The lowest BCUT2D eigenvalue weighted by Crippen LogP contribution is -2.42. The Kier molecular flexibility index (Phi) is 6.30. The number of nitrogens with zero attached hydrogens (tertiary/aromatic N) is 3. The number of carbonyl (C=O) groups is 1. The number of nitrogens with one attached hydrogen (secondary N) is 2. The maximum absolute atomic E-state index is 14.0. The third-order valence-electron chi connectivity index (χ3n) is 5.28. The van der Waals surface area contributed by atoms with E-state index in [-0.39, 0.29) is 22.7 Å². The Morgan fingerprint density at radius 2 is 1.94 bits per heavy atom. The summed E-state index contributed by atoms with van der Waals surface area (Å²) in [6, 6.07) is -2.47. The van der Waals surface area contributed by atoms with E-state index in [1.54, 1.807) is 5.32 Å². The van der Waals surface area contributed by atoms with Gasteiger partial charge in [-0.05, 0) is 19.9 Å². The number of benzene rings is 1. The number of hydrogen-bond acceptors (Lipinski definition) is 6. The number of fused-ring (bicyclic) bond motifs is 1. The monoisotopic (exact) mass is 485 g/mol. The van der Waals surface area contributed by atoms with Crippen LogP contribution in [0.3, 0.4) is 0 Å². The first-order valence-corrected chi connectivity index (χ1v) is 10.2. The van der Waals surface area contributed by atoms with Crippen molar-refractivity contribution in [3.05, 3.63) is 47.5 Å². The van der Waals surface area contributed by atoms with Crippen molar-refractivity contribution in [1.82, 2.24) is 15.3 Å². The zero-order valence-corrected chi connectivity index (χ0v) is 18.0. The highest BCUT2D eigenvalue weighted by atomic mass is 19.4. The van der Waals surface area contributed by atoms with Crippen LogP contribution in [-0.2, 0) is 4.74 Å². The van der Waals surface area contributed by atoms with E-state index in [9.17, 15) is 26.7 Å². The molecule has 182 valence electrons. The van der Waals surface area contributed by atoms with Gasteiger partial charge in [-0.3, -0.25) is 0 Å². The van der Waals surface area contributed by atoms with Crippen molar-refractivity contribution in [3.8, 4) is 0 Å². The molecule has 13 heteroatoms. The average molecular weight is 485 g/mol. The smallest absolute Gasteiger partial charge is 0.416 e. The van der Waals surface area contributed by atoms with Crippen LogP contribution >= 0.6 is 0 Å². The first kappa shape index (κ1) is 23.7. The lowest BCUT2D eigenvalue weighted by Gasteiger charge is -2.31. The van der Waals surface area contributed by atoms with Crippen molar-refractivity contribution in [2.75, 3.05) is 29.9 Å². The Bertz CT molecular complexity index is 1200. The second kappa shape index (κ2) is 9.05. The van der Waals surface area contributed by atoms with Gasteiger partial charge >= 0.3 is 12.2 Å². The van der Waals surface area contributed by atoms with Crippen molar-refractivity contribution >= 4 is 28.6 Å². The first-order valence-electron chi connectivity index (χ1n) is 10.2. The molecule has 1 aliphatic heterocycles. The van der Waals surface area contributed by atoms with E-state index in [2.05, 4.69) is 15.3 Å². The second-order valence-corrected chi connectivity index (χ2v) is 7.83. The summed E-state index contributed by atoms with van der Waals surface area (Å²) in [6.45, 7) is 4.77. The molecular formula is C21H20F5N5O3. The number of aryl methyl sites for hydroxylation is 1. The minimum absolute atomic E-state index is 0.00750. The Morgan fingerprint density at radius 1 is 1.24 bits per heavy atom. The minimum atomic E-state index is -4.99. The van der Waals surface area contributed by atoms with Crippen LogP contribution in [-0.4, -0.2) is 48.0 Å². The Labute approximate surface area is 190 Å². The van der Waals surface area contributed by atoms with E-state index in [4.69, 9.17) is 9.15 Å². The summed E-state index contributed by atoms with van der Waals surface area (Å²) in [6.07, 6.45) is -2.48. The summed E-state index contributed by atoms with van der Waals surface area (Å²) in [5.74, 6) is -2.48. The zero-order valence-electron chi connectivity index (χ0n) is 18.0. The van der Waals surface area contributed by atoms with Crippen LogP contribution in [0.2, 0.25) is 0 Å². The number of hydrogen-bond donors (Lipinski definition) is 2. The number of morpholine rings is 1. The van der Waals surface area contributed by atoms with Crippen molar-refractivity contribution in [2.45, 2.75) is 32.2 Å². The number of rotatable bonds is 4. The standard InChI is InChI=1S/C21H20F5N5O3/c1-10-9-31(3-4-33-10)19-27-7-13(8-28-19)29-20(32)30-18(21(24,25)26)16-11(2)14-5-12(22)6-15(23)17(14)34-16/h5-8,10,18H,3-4,9H2,1-2H3,(H2,29,30,32)/t10-,18?/m1/s1. The number of aromatic nitrogens is 2. The fourth-order valence-corrected chi connectivity index (χ4v) is 3.68. The molecule has 3 heterocycles. The lowest BCUT2D eigenvalue weighted by atomic mass is 10.1. The topological polar surface area (TPSA) is 92.5 Å². The van der Waals surface area contributed by atoms with Gasteiger partial charge in [-0.25, -0.2) is 23.5 Å². The lowest BCUT2D eigenvalue weighted by molar-refractivity contribution is -0.158. The molecule has 0 saturated carbocycles. The van der Waals surface area contributed by atoms with Crippen LogP contribution in [0.5, 0.6) is 0 Å². The molecule has 1 aliphatic rings. The highest BCUT2D eigenvalue weighted by Gasteiger charge is 2.45. The highest BCUT2D eigenvalue weighted by Crippen LogP contribution is 2.39. The van der Waals surface area contributed by atoms with Gasteiger partial charge in [0.15, 0.2) is 17.4 Å². The van der Waals surface area contributed by atoms with Crippen LogP contribution in [0.4, 0.5) is 38.4 Å². The van der Waals surface area contributed by atoms with E-state index in [0.29, 0.717) is 31.7 Å². The summed E-state index contributed by atoms with van der Waals surface area (Å²) in [5.41, 5.74) is -0.631. The van der Waals surface area contributed by atoms with Crippen LogP contribution < -0.4 is 15.5 Å². The molecule has 8 nitrogen and oxygen atoms in total. The van der Waals surface area contributed by atoms with Gasteiger partial charge in [-0.1, -0.05) is 0 Å². The summed E-state index contributed by atoms with van der Waals surface area (Å²) < 4.78 is 79.4. The second-order valence-electron chi connectivity index (χ2n) is 7.83. The van der Waals surface area contributed by atoms with Gasteiger partial charge in [0.1, 0.15) is 11.6 Å². The van der Waals surface area contributed by atoms with Gasteiger partial charge < -0.3 is 24.7 Å². The summed E-state index contributed by atoms with van der Waals surface area (Å²) >= 11 is 0. The number of carbonyl (C=O) groups excluding carboxylic acids is 1. The van der Waals surface area contributed by atoms with Crippen LogP contribution in [0.25, 0.3) is 11.0 Å². The quantitative estimate of drug-likeness (QED) is 0.531. The molecule has 2 aromatic heterocycles. The fourth-order valence-electron chi connectivity index (χ4n) is 3.68. The van der Waals surface area contributed by atoms with E-state index in [1.165, 1.54) is 19.3 Å². The first-order chi connectivity index (χ1) is 16.0. The molecule has 0 aliphatic carbocycles. The average Bonchev–Trinajstić information content (AvgIpc) is 3.08. The normalized spacial score (nSPS) is 17.6. The Balaban J connectivity index is 1.51. The fraction of sp³-hybridized carbons (Fsp3) is 0.381. The molecule has 2 amide bonds. The van der Waals surface area contributed by atoms with E-state index in [0.717, 1.165) is 6.07 Å². The molecule has 34 heavy (non-hydrogen) atoms. The molecule has 1 aromatic carbocycles. The number of furan rings is 1. The molecule has 0 spiro atoms. The van der Waals surface area contributed by atoms with Gasteiger partial charge in [0.05, 0.1) is 30.8 Å². The predicted molar refractivity (Wildman–Crippen MR) is 111 cm³/mol. The van der Waals surface area contributed by atoms with Gasteiger partial charge in [0.2, 0.25) is 5.95 Å². The van der Waals surface area contributed by atoms with E-state index >= 15 is 0 Å². The predicted octanol–water partition coefficient (Wildman–Crippen LogP) is 4.46. The minimum Gasteiger partial charge on any atom is -0.455 e. The van der Waals surface area contributed by atoms with Gasteiger partial charge in [0, 0.05) is 30.1 Å². The van der Waals surface area contributed by atoms with Crippen LogP contribution in [0, 0.1) is 18.6 Å². The van der Waals surface area contributed by atoms with Crippen molar-refractivity contribution in [1.29, 1.82) is 0 Å². The number of alkyl halides is 3. The molecule has 1 fully saturated rings. The molecule has 4 rings (SSSR count). The molecule has 3 aromatic rings. The molecule has 0 bridgehead atoms. The summed E-state index contributed by atoms with van der Waals surface area (Å²) in [4.78, 5) is 22.5. The highest BCUT2D eigenvalue weighted by molar-refractivity contribution is 5.89. The van der Waals surface area contributed by atoms with E-state index in [1.807, 2.05) is 11.8 Å². The SMILES string of the molecule is Cc1c(C(NC(=O)Nc2cnc(N3CCO[C@H](C)C3)nc2)C(F)(F)F)oc2c(F)cc(F)cc12. The van der Waals surface area contributed by atoms with Gasteiger partial charge in [-0.2, -0.15) is 13.2 Å². The molecule has 1 saturated heterocycles. The number of anilines is 2. The number of urea groups is 1. The zero-order chi connectivity index (χ0) is 24.6. The van der Waals surface area contributed by atoms with Crippen LogP contribution in [0.15, 0.2) is 28.9 Å². The summed E-state index contributed by atoms with van der Waals surface area (Å²) in [5, 5.41) is 3.85. The Hall–Kier alpha value is -3.48. The third-order valence-corrected chi connectivity index (χ3v) is 5.28. The van der Waals surface area contributed by atoms with Gasteiger partial charge in [-0.15, -0.1) is 0 Å². The maximum Gasteiger partial charge on any atom is 0.416 e. The molecule has 1 unspecified atom stereocenters. The number of ether oxygens (including phenoxy) is 1. The van der Waals surface area contributed by atoms with Crippen LogP contribution in [0.1, 0.15) is 24.3 Å². The third kappa shape index (κ3) is 4.88. The van der Waals surface area contributed by atoms with Crippen molar-refractivity contribution in [2.24, 2.45) is 0 Å². The Morgan fingerprint density at radius 3 is 2.59 bits per heavy atom. The number of halogens is 5. The van der Waals surface area contributed by atoms with Crippen molar-refractivity contribution < 1.29 is 35.9 Å². The van der Waals surface area contributed by atoms with Gasteiger partial charge in [0.25, 0.3) is 0 Å². The summed E-state index contributed by atoms with van der Waals surface area (Å²) in [7, 11) is 0.